The van der Waals surface area contributed by atoms with Crippen LogP contribution < -0.4 is 0 Å². The maximum Gasteiger partial charge on any atom is 0.129 e. The minimum absolute atomic E-state index is 0.287. The van der Waals surface area contributed by atoms with Gasteiger partial charge in [-0.2, -0.15) is 17.0 Å². The number of halogens is 1. The predicted octanol–water partition coefficient (Wildman–Crippen LogP) is 4.30. The fraction of sp³-hybridized carbons (Fsp3) is 0.316. The van der Waals surface area contributed by atoms with Gasteiger partial charge in [-0.1, -0.05) is 35.9 Å². The molecule has 0 saturated carbocycles. The van der Waals surface area contributed by atoms with Gasteiger partial charge in [0.2, 0.25) is 0 Å². The fourth-order valence-electron chi connectivity index (χ4n) is 2.89. The highest BCUT2D eigenvalue weighted by molar-refractivity contribution is 7.99. The molecule has 0 unspecified atom stereocenters. The number of rotatable bonds is 3. The number of benzene rings is 2. The van der Waals surface area contributed by atoms with E-state index < -0.39 is 0 Å². The summed E-state index contributed by atoms with van der Waals surface area (Å²) in [5.41, 5.74) is 3.57. The summed E-state index contributed by atoms with van der Waals surface area (Å²) in [6, 6.07) is 15.7. The third kappa shape index (κ3) is 3.74. The Morgan fingerprint density at radius 3 is 2.74 bits per heavy atom. The van der Waals surface area contributed by atoms with Crippen molar-refractivity contribution in [2.45, 2.75) is 19.5 Å². The van der Waals surface area contributed by atoms with E-state index in [4.69, 9.17) is 5.26 Å². The van der Waals surface area contributed by atoms with E-state index in [-0.39, 0.29) is 5.82 Å². The van der Waals surface area contributed by atoms with Crippen LogP contribution in [-0.2, 0) is 6.54 Å². The average Bonchev–Trinajstić information content (AvgIpc) is 2.58. The predicted molar refractivity (Wildman–Crippen MR) is 92.8 cm³/mol. The molecule has 23 heavy (non-hydrogen) atoms. The first kappa shape index (κ1) is 16.0. The second kappa shape index (κ2) is 7.16. The molecule has 1 aliphatic rings. The molecule has 0 amide bonds. The van der Waals surface area contributed by atoms with Crippen molar-refractivity contribution >= 4 is 11.8 Å². The molecular weight excluding hydrogens is 307 g/mol. The molecule has 0 N–H and O–H groups in total. The zero-order valence-electron chi connectivity index (χ0n) is 13.1. The van der Waals surface area contributed by atoms with Gasteiger partial charge in [-0.25, -0.2) is 4.39 Å². The van der Waals surface area contributed by atoms with Gasteiger partial charge in [0.15, 0.2) is 0 Å². The Hall–Kier alpha value is -1.83. The van der Waals surface area contributed by atoms with Gasteiger partial charge in [-0.15, -0.1) is 0 Å². The van der Waals surface area contributed by atoms with Crippen LogP contribution in [0.15, 0.2) is 42.5 Å². The van der Waals surface area contributed by atoms with Gasteiger partial charge in [0, 0.05) is 36.2 Å². The first-order valence-corrected chi connectivity index (χ1v) is 8.90. The normalized spacial score (nSPS) is 18.6. The summed E-state index contributed by atoms with van der Waals surface area (Å²) in [5.74, 6) is 1.81. The minimum atomic E-state index is -0.287. The molecule has 1 saturated heterocycles. The van der Waals surface area contributed by atoms with Crippen LogP contribution in [0, 0.1) is 24.1 Å². The highest BCUT2D eigenvalue weighted by Gasteiger charge is 2.25. The summed E-state index contributed by atoms with van der Waals surface area (Å²) in [5, 5.41) is 8.86. The summed E-state index contributed by atoms with van der Waals surface area (Å²) in [7, 11) is 0. The SMILES string of the molecule is Cc1ccc([C@H]2CSCCN2Cc2ccc(C#N)cc2F)cc1. The molecule has 1 heterocycles. The molecule has 1 aliphatic heterocycles. The van der Waals surface area contributed by atoms with Gasteiger partial charge >= 0.3 is 0 Å². The molecule has 1 fully saturated rings. The van der Waals surface area contributed by atoms with Crippen LogP contribution in [0.1, 0.15) is 28.3 Å². The van der Waals surface area contributed by atoms with Crippen molar-refractivity contribution < 1.29 is 4.39 Å². The lowest BCUT2D eigenvalue weighted by atomic mass is 10.0. The van der Waals surface area contributed by atoms with E-state index in [0.717, 1.165) is 18.1 Å². The van der Waals surface area contributed by atoms with Gasteiger partial charge in [-0.3, -0.25) is 4.90 Å². The molecule has 3 rings (SSSR count). The van der Waals surface area contributed by atoms with Gasteiger partial charge < -0.3 is 0 Å². The Bertz CT molecular complexity index is 721. The van der Waals surface area contributed by atoms with Crippen molar-refractivity contribution in [2.75, 3.05) is 18.1 Å². The Balaban J connectivity index is 1.82. The van der Waals surface area contributed by atoms with Crippen LogP contribution in [0.5, 0.6) is 0 Å². The number of nitrogens with zero attached hydrogens (tertiary/aromatic N) is 2. The lowest BCUT2D eigenvalue weighted by Gasteiger charge is -2.36. The Labute approximate surface area is 140 Å². The van der Waals surface area contributed by atoms with Crippen LogP contribution in [0.3, 0.4) is 0 Å². The second-order valence-electron chi connectivity index (χ2n) is 5.89. The van der Waals surface area contributed by atoms with E-state index in [2.05, 4.69) is 36.1 Å². The van der Waals surface area contributed by atoms with E-state index >= 15 is 0 Å². The van der Waals surface area contributed by atoms with Crippen molar-refractivity contribution in [3.05, 3.63) is 70.5 Å². The van der Waals surface area contributed by atoms with Gasteiger partial charge in [0.05, 0.1) is 11.6 Å². The summed E-state index contributed by atoms with van der Waals surface area (Å²) < 4.78 is 14.2. The highest BCUT2D eigenvalue weighted by Crippen LogP contribution is 2.31. The lowest BCUT2D eigenvalue weighted by molar-refractivity contribution is 0.209. The van der Waals surface area contributed by atoms with Gasteiger partial charge in [0.25, 0.3) is 0 Å². The molecule has 0 aromatic heterocycles. The Morgan fingerprint density at radius 1 is 1.26 bits per heavy atom. The standard InChI is InChI=1S/C19H19FN2S/c1-14-2-5-16(6-3-14)19-13-23-9-8-22(19)12-17-7-4-15(11-21)10-18(17)20/h2-7,10,19H,8-9,12-13H2,1H3/t19-/m1/s1. The van der Waals surface area contributed by atoms with Crippen molar-refractivity contribution in [3.63, 3.8) is 0 Å². The van der Waals surface area contributed by atoms with Gasteiger partial charge in [-0.05, 0) is 24.6 Å². The maximum absolute atomic E-state index is 14.2. The van der Waals surface area contributed by atoms with E-state index in [9.17, 15) is 4.39 Å². The van der Waals surface area contributed by atoms with E-state index in [1.807, 2.05) is 17.8 Å². The van der Waals surface area contributed by atoms with Crippen molar-refractivity contribution in [3.8, 4) is 6.07 Å². The van der Waals surface area contributed by atoms with E-state index in [1.165, 1.54) is 17.2 Å². The molecule has 2 nitrogen and oxygen atoms in total. The number of aryl methyl sites for hydroxylation is 1. The molecule has 2 aromatic carbocycles. The number of hydrogen-bond donors (Lipinski definition) is 0. The first-order chi connectivity index (χ1) is 11.2. The average molecular weight is 326 g/mol. The lowest BCUT2D eigenvalue weighted by Crippen LogP contribution is -2.35. The van der Waals surface area contributed by atoms with Crippen LogP contribution in [-0.4, -0.2) is 23.0 Å². The molecule has 0 aliphatic carbocycles. The molecule has 0 bridgehead atoms. The first-order valence-electron chi connectivity index (χ1n) is 7.74. The summed E-state index contributed by atoms with van der Waals surface area (Å²) in [6.45, 7) is 3.61. The van der Waals surface area contributed by atoms with E-state index in [0.29, 0.717) is 23.7 Å². The topological polar surface area (TPSA) is 27.0 Å². The molecule has 4 heteroatoms. The minimum Gasteiger partial charge on any atom is -0.290 e. The summed E-state index contributed by atoms with van der Waals surface area (Å²) in [4.78, 5) is 2.34. The van der Waals surface area contributed by atoms with Crippen molar-refractivity contribution in [1.29, 1.82) is 5.26 Å². The molecular formula is C19H19FN2S. The number of thioether (sulfide) groups is 1. The van der Waals surface area contributed by atoms with Crippen LogP contribution >= 0.6 is 11.8 Å². The second-order valence-corrected chi connectivity index (χ2v) is 7.04. The third-order valence-electron chi connectivity index (χ3n) is 4.26. The van der Waals surface area contributed by atoms with E-state index in [1.54, 1.807) is 12.1 Å². The van der Waals surface area contributed by atoms with Crippen molar-refractivity contribution in [1.82, 2.24) is 4.90 Å². The Morgan fingerprint density at radius 2 is 2.04 bits per heavy atom. The molecule has 0 radical (unpaired) electrons. The summed E-state index contributed by atoms with van der Waals surface area (Å²) >= 11 is 1.95. The molecule has 0 spiro atoms. The van der Waals surface area contributed by atoms with Crippen LogP contribution in [0.25, 0.3) is 0 Å². The monoisotopic (exact) mass is 326 g/mol. The highest BCUT2D eigenvalue weighted by atomic mass is 32.2. The smallest absolute Gasteiger partial charge is 0.129 e. The maximum atomic E-state index is 14.2. The largest absolute Gasteiger partial charge is 0.290 e. The van der Waals surface area contributed by atoms with Crippen molar-refractivity contribution in [2.24, 2.45) is 0 Å². The molecule has 1 atom stereocenters. The number of hydrogen-bond acceptors (Lipinski definition) is 3. The Kier molecular flexibility index (Phi) is 5.00. The van der Waals surface area contributed by atoms with Gasteiger partial charge in [0.1, 0.15) is 5.82 Å². The zero-order valence-corrected chi connectivity index (χ0v) is 13.9. The molecule has 118 valence electrons. The molecule has 2 aromatic rings. The fourth-order valence-corrected chi connectivity index (χ4v) is 4.04. The quantitative estimate of drug-likeness (QED) is 0.841. The van der Waals surface area contributed by atoms with Crippen LogP contribution in [0.4, 0.5) is 4.39 Å². The number of nitriles is 1. The third-order valence-corrected chi connectivity index (χ3v) is 5.28. The summed E-state index contributed by atoms with van der Waals surface area (Å²) in [6.07, 6.45) is 0. The zero-order chi connectivity index (χ0) is 16.2. The van der Waals surface area contributed by atoms with Crippen LogP contribution in [0.2, 0.25) is 0 Å².